The largest absolute Gasteiger partial charge is 0.299 e. The SMILES string of the molecule is CCCC(C)(C(C)=O)c1ccc(C)cc1. The van der Waals surface area contributed by atoms with Crippen LogP contribution >= 0.6 is 0 Å². The van der Waals surface area contributed by atoms with E-state index in [1.54, 1.807) is 6.92 Å². The van der Waals surface area contributed by atoms with E-state index in [4.69, 9.17) is 0 Å². The van der Waals surface area contributed by atoms with Crippen molar-refractivity contribution in [3.63, 3.8) is 0 Å². The Kier molecular flexibility index (Phi) is 3.67. The lowest BCUT2D eigenvalue weighted by Crippen LogP contribution is -2.30. The van der Waals surface area contributed by atoms with Crippen molar-refractivity contribution in [3.05, 3.63) is 35.4 Å². The monoisotopic (exact) mass is 204 g/mol. The fourth-order valence-corrected chi connectivity index (χ4v) is 1.95. The molecule has 1 aromatic carbocycles. The van der Waals surface area contributed by atoms with Crippen molar-refractivity contribution in [2.75, 3.05) is 0 Å². The zero-order chi connectivity index (χ0) is 11.5. The molecule has 0 heterocycles. The van der Waals surface area contributed by atoms with Gasteiger partial charge in [-0.3, -0.25) is 4.79 Å². The Hall–Kier alpha value is -1.11. The zero-order valence-corrected chi connectivity index (χ0v) is 10.1. The number of hydrogen-bond donors (Lipinski definition) is 0. The number of carbonyl (C=O) groups is 1. The average molecular weight is 204 g/mol. The molecule has 1 aromatic rings. The molecule has 0 amide bonds. The molecule has 0 saturated carbocycles. The standard InChI is InChI=1S/C14H20O/c1-5-10-14(4,12(3)15)13-8-6-11(2)7-9-13/h6-9H,5,10H2,1-4H3. The van der Waals surface area contributed by atoms with E-state index in [9.17, 15) is 4.79 Å². The van der Waals surface area contributed by atoms with Crippen LogP contribution < -0.4 is 0 Å². The summed E-state index contributed by atoms with van der Waals surface area (Å²) in [7, 11) is 0. The number of benzene rings is 1. The highest BCUT2D eigenvalue weighted by atomic mass is 16.1. The summed E-state index contributed by atoms with van der Waals surface area (Å²) in [6.07, 6.45) is 1.95. The first-order valence-electron chi connectivity index (χ1n) is 5.59. The number of aryl methyl sites for hydroxylation is 1. The molecule has 1 heteroatoms. The van der Waals surface area contributed by atoms with Gasteiger partial charge in [-0.15, -0.1) is 0 Å². The van der Waals surface area contributed by atoms with Crippen LogP contribution in [0.4, 0.5) is 0 Å². The predicted octanol–water partition coefficient (Wildman–Crippen LogP) is 3.64. The van der Waals surface area contributed by atoms with Gasteiger partial charge in [0.1, 0.15) is 5.78 Å². The van der Waals surface area contributed by atoms with Gasteiger partial charge in [-0.1, -0.05) is 43.2 Å². The molecule has 0 aromatic heterocycles. The first-order chi connectivity index (χ1) is 7.00. The van der Waals surface area contributed by atoms with Crippen LogP contribution in [0.15, 0.2) is 24.3 Å². The lowest BCUT2D eigenvalue weighted by atomic mass is 9.75. The third kappa shape index (κ3) is 2.47. The van der Waals surface area contributed by atoms with Crippen LogP contribution in [0.5, 0.6) is 0 Å². The van der Waals surface area contributed by atoms with Gasteiger partial charge in [-0.05, 0) is 32.8 Å². The molecule has 0 aliphatic heterocycles. The third-order valence-corrected chi connectivity index (χ3v) is 3.22. The van der Waals surface area contributed by atoms with Crippen molar-refractivity contribution >= 4 is 5.78 Å². The molecule has 15 heavy (non-hydrogen) atoms. The third-order valence-electron chi connectivity index (χ3n) is 3.22. The molecule has 0 fully saturated rings. The minimum Gasteiger partial charge on any atom is -0.299 e. The minimum atomic E-state index is -0.303. The number of ketones is 1. The van der Waals surface area contributed by atoms with Crippen molar-refractivity contribution < 1.29 is 4.79 Å². The van der Waals surface area contributed by atoms with Crippen LogP contribution in [-0.4, -0.2) is 5.78 Å². The van der Waals surface area contributed by atoms with E-state index in [2.05, 4.69) is 38.1 Å². The van der Waals surface area contributed by atoms with Gasteiger partial charge in [-0.2, -0.15) is 0 Å². The van der Waals surface area contributed by atoms with Gasteiger partial charge in [0.2, 0.25) is 0 Å². The summed E-state index contributed by atoms with van der Waals surface area (Å²) in [6, 6.07) is 8.30. The molecule has 1 rings (SSSR count). The van der Waals surface area contributed by atoms with Crippen LogP contribution in [0, 0.1) is 6.92 Å². The maximum atomic E-state index is 11.7. The first kappa shape index (κ1) is 12.0. The highest BCUT2D eigenvalue weighted by Crippen LogP contribution is 2.30. The highest BCUT2D eigenvalue weighted by Gasteiger charge is 2.30. The number of carbonyl (C=O) groups excluding carboxylic acids is 1. The van der Waals surface area contributed by atoms with E-state index >= 15 is 0 Å². The quantitative estimate of drug-likeness (QED) is 0.731. The first-order valence-corrected chi connectivity index (χ1v) is 5.59. The van der Waals surface area contributed by atoms with Crippen LogP contribution in [-0.2, 0) is 10.2 Å². The molecule has 0 spiro atoms. The summed E-state index contributed by atoms with van der Waals surface area (Å²) in [6.45, 7) is 7.92. The van der Waals surface area contributed by atoms with Crippen molar-refractivity contribution in [1.29, 1.82) is 0 Å². The normalized spacial score (nSPS) is 14.7. The molecule has 1 nitrogen and oxygen atoms in total. The maximum Gasteiger partial charge on any atom is 0.140 e. The summed E-state index contributed by atoms with van der Waals surface area (Å²) in [5, 5.41) is 0. The Morgan fingerprint density at radius 3 is 2.20 bits per heavy atom. The summed E-state index contributed by atoms with van der Waals surface area (Å²) in [4.78, 5) is 11.7. The predicted molar refractivity (Wildman–Crippen MR) is 64.1 cm³/mol. The van der Waals surface area contributed by atoms with E-state index in [0.29, 0.717) is 0 Å². The van der Waals surface area contributed by atoms with E-state index in [1.807, 2.05) is 6.92 Å². The zero-order valence-electron chi connectivity index (χ0n) is 10.1. The molecule has 0 N–H and O–H groups in total. The molecule has 0 bridgehead atoms. The van der Waals surface area contributed by atoms with Crippen LogP contribution in [0.1, 0.15) is 44.7 Å². The summed E-state index contributed by atoms with van der Waals surface area (Å²) in [5.74, 6) is 0.258. The Morgan fingerprint density at radius 1 is 1.27 bits per heavy atom. The average Bonchev–Trinajstić information content (AvgIpc) is 2.18. The van der Waals surface area contributed by atoms with E-state index in [-0.39, 0.29) is 11.2 Å². The summed E-state index contributed by atoms with van der Waals surface area (Å²) >= 11 is 0. The van der Waals surface area contributed by atoms with Crippen molar-refractivity contribution in [2.45, 2.75) is 46.0 Å². The van der Waals surface area contributed by atoms with Gasteiger partial charge >= 0.3 is 0 Å². The molecule has 0 aliphatic carbocycles. The van der Waals surface area contributed by atoms with Gasteiger partial charge < -0.3 is 0 Å². The van der Waals surface area contributed by atoms with Crippen LogP contribution in [0.25, 0.3) is 0 Å². The fraction of sp³-hybridized carbons (Fsp3) is 0.500. The molecule has 1 atom stereocenters. The summed E-state index contributed by atoms with van der Waals surface area (Å²) in [5.41, 5.74) is 2.08. The lowest BCUT2D eigenvalue weighted by molar-refractivity contribution is -0.122. The molecular formula is C14H20O. The Morgan fingerprint density at radius 2 is 1.80 bits per heavy atom. The molecule has 0 aliphatic rings. The Labute approximate surface area is 92.5 Å². The van der Waals surface area contributed by atoms with Gasteiger partial charge in [0.25, 0.3) is 0 Å². The number of rotatable bonds is 4. The second-order valence-electron chi connectivity index (χ2n) is 4.50. The number of hydrogen-bond acceptors (Lipinski definition) is 1. The summed E-state index contributed by atoms with van der Waals surface area (Å²) < 4.78 is 0. The maximum absolute atomic E-state index is 11.7. The minimum absolute atomic E-state index is 0.258. The van der Waals surface area contributed by atoms with Gasteiger partial charge in [0.05, 0.1) is 5.41 Å². The van der Waals surface area contributed by atoms with E-state index < -0.39 is 0 Å². The van der Waals surface area contributed by atoms with Crippen molar-refractivity contribution in [3.8, 4) is 0 Å². The molecule has 0 saturated heterocycles. The van der Waals surface area contributed by atoms with Crippen LogP contribution in [0.2, 0.25) is 0 Å². The molecule has 1 unspecified atom stereocenters. The number of Topliss-reactive ketones (excluding diaryl/α,β-unsaturated/α-hetero) is 1. The van der Waals surface area contributed by atoms with Gasteiger partial charge in [-0.25, -0.2) is 0 Å². The second kappa shape index (κ2) is 4.61. The molecule has 0 radical (unpaired) electrons. The second-order valence-corrected chi connectivity index (χ2v) is 4.50. The smallest absolute Gasteiger partial charge is 0.140 e. The topological polar surface area (TPSA) is 17.1 Å². The Balaban J connectivity index is 3.09. The van der Waals surface area contributed by atoms with E-state index in [0.717, 1.165) is 18.4 Å². The lowest BCUT2D eigenvalue weighted by Gasteiger charge is -2.27. The van der Waals surface area contributed by atoms with Crippen LogP contribution in [0.3, 0.4) is 0 Å². The van der Waals surface area contributed by atoms with Gasteiger partial charge in [0, 0.05) is 0 Å². The Bertz CT molecular complexity index is 337. The molecule has 82 valence electrons. The van der Waals surface area contributed by atoms with E-state index in [1.165, 1.54) is 5.56 Å². The molecular weight excluding hydrogens is 184 g/mol. The van der Waals surface area contributed by atoms with Gasteiger partial charge in [0.15, 0.2) is 0 Å². The van der Waals surface area contributed by atoms with Crippen molar-refractivity contribution in [2.24, 2.45) is 0 Å². The fourth-order valence-electron chi connectivity index (χ4n) is 1.95. The highest BCUT2D eigenvalue weighted by molar-refractivity contribution is 5.87. The van der Waals surface area contributed by atoms with Crippen molar-refractivity contribution in [1.82, 2.24) is 0 Å².